The topological polar surface area (TPSA) is 12.0 Å². The van der Waals surface area contributed by atoms with E-state index >= 15 is 0 Å². The summed E-state index contributed by atoms with van der Waals surface area (Å²) in [6.45, 7) is 2.59. The number of benzene rings is 1. The van der Waals surface area contributed by atoms with E-state index < -0.39 is 5.67 Å². The minimum Gasteiger partial charge on any atom is -0.314 e. The van der Waals surface area contributed by atoms with Crippen LogP contribution in [0.1, 0.15) is 38.2 Å². The van der Waals surface area contributed by atoms with Crippen molar-refractivity contribution in [2.75, 3.05) is 6.54 Å². The Morgan fingerprint density at radius 2 is 2.16 bits per heavy atom. The highest BCUT2D eigenvalue weighted by Crippen LogP contribution is 2.27. The van der Waals surface area contributed by atoms with Gasteiger partial charge < -0.3 is 5.32 Å². The Labute approximate surface area is 121 Å². The Morgan fingerprint density at radius 1 is 1.37 bits per heavy atom. The maximum atomic E-state index is 14.6. The van der Waals surface area contributed by atoms with Crippen LogP contribution in [0.15, 0.2) is 22.7 Å². The molecule has 1 aliphatic heterocycles. The van der Waals surface area contributed by atoms with E-state index in [0.29, 0.717) is 16.5 Å². The van der Waals surface area contributed by atoms with Crippen LogP contribution >= 0.6 is 15.9 Å². The van der Waals surface area contributed by atoms with Gasteiger partial charge in [0, 0.05) is 16.9 Å². The quantitative estimate of drug-likeness (QED) is 0.862. The minimum absolute atomic E-state index is 0.251. The van der Waals surface area contributed by atoms with Crippen molar-refractivity contribution in [1.29, 1.82) is 0 Å². The van der Waals surface area contributed by atoms with Crippen LogP contribution in [0.2, 0.25) is 0 Å². The Hall–Kier alpha value is -0.480. The molecule has 2 rings (SSSR count). The molecule has 1 aromatic rings. The number of nitrogens with one attached hydrogen (secondary N) is 1. The number of piperidine rings is 1. The summed E-state index contributed by atoms with van der Waals surface area (Å²) in [5, 5.41) is 3.36. The van der Waals surface area contributed by atoms with E-state index in [4.69, 9.17) is 0 Å². The van der Waals surface area contributed by atoms with Crippen molar-refractivity contribution in [3.63, 3.8) is 0 Å². The number of hydrogen-bond acceptors (Lipinski definition) is 1. The summed E-state index contributed by atoms with van der Waals surface area (Å²) in [5.41, 5.74) is -0.602. The molecule has 0 aromatic heterocycles. The van der Waals surface area contributed by atoms with E-state index in [1.54, 1.807) is 13.0 Å². The Bertz CT molecular complexity index is 408. The Balaban J connectivity index is 1.98. The zero-order chi connectivity index (χ0) is 13.9. The van der Waals surface area contributed by atoms with Crippen LogP contribution in [0.5, 0.6) is 0 Å². The zero-order valence-corrected chi connectivity index (χ0v) is 12.8. The fourth-order valence-corrected chi connectivity index (χ4v) is 3.34. The molecular formula is C15H20BrF2N. The van der Waals surface area contributed by atoms with E-state index in [1.807, 2.05) is 0 Å². The average Bonchev–Trinajstić information content (AvgIpc) is 2.27. The molecule has 0 amide bonds. The van der Waals surface area contributed by atoms with Gasteiger partial charge in [-0.05, 0) is 56.5 Å². The molecule has 1 aromatic carbocycles. The molecule has 0 saturated carbocycles. The van der Waals surface area contributed by atoms with Crippen molar-refractivity contribution >= 4 is 15.9 Å². The first-order valence-electron chi connectivity index (χ1n) is 6.82. The first-order valence-corrected chi connectivity index (χ1v) is 7.61. The molecule has 0 radical (unpaired) electrons. The van der Waals surface area contributed by atoms with Crippen LogP contribution in [0.25, 0.3) is 0 Å². The number of rotatable bonds is 4. The second kappa shape index (κ2) is 6.31. The maximum absolute atomic E-state index is 14.6. The summed E-state index contributed by atoms with van der Waals surface area (Å²) in [7, 11) is 0. The highest BCUT2D eigenvalue weighted by atomic mass is 79.9. The summed E-state index contributed by atoms with van der Waals surface area (Å²) in [4.78, 5) is 0. The number of hydrogen-bond donors (Lipinski definition) is 1. The van der Waals surface area contributed by atoms with Crippen LogP contribution in [0, 0.1) is 5.82 Å². The molecule has 1 saturated heterocycles. The largest absolute Gasteiger partial charge is 0.314 e. The molecule has 1 N–H and O–H groups in total. The second-order valence-electron chi connectivity index (χ2n) is 5.72. The van der Waals surface area contributed by atoms with Gasteiger partial charge in [0.2, 0.25) is 0 Å². The van der Waals surface area contributed by atoms with Gasteiger partial charge in [0.25, 0.3) is 0 Å². The lowest BCUT2D eigenvalue weighted by Crippen LogP contribution is -2.40. The van der Waals surface area contributed by atoms with Crippen LogP contribution in [0.4, 0.5) is 8.78 Å². The normalized spacial score (nSPS) is 23.1. The first-order chi connectivity index (χ1) is 8.94. The van der Waals surface area contributed by atoms with Crippen molar-refractivity contribution in [3.8, 4) is 0 Å². The highest BCUT2D eigenvalue weighted by molar-refractivity contribution is 9.10. The lowest BCUT2D eigenvalue weighted by molar-refractivity contribution is 0.145. The summed E-state index contributed by atoms with van der Waals surface area (Å²) < 4.78 is 28.6. The molecule has 0 spiro atoms. The van der Waals surface area contributed by atoms with Gasteiger partial charge in [-0.3, -0.25) is 0 Å². The summed E-state index contributed by atoms with van der Waals surface area (Å²) in [6.07, 6.45) is 4.12. The molecule has 2 atom stereocenters. The predicted octanol–water partition coefficient (Wildman–Crippen LogP) is 4.39. The van der Waals surface area contributed by atoms with Gasteiger partial charge in [0.05, 0.1) is 0 Å². The van der Waals surface area contributed by atoms with Crippen molar-refractivity contribution < 1.29 is 8.78 Å². The van der Waals surface area contributed by atoms with Gasteiger partial charge in [0.1, 0.15) is 11.5 Å². The highest BCUT2D eigenvalue weighted by Gasteiger charge is 2.29. The lowest BCUT2D eigenvalue weighted by Gasteiger charge is -2.30. The van der Waals surface area contributed by atoms with Crippen LogP contribution in [-0.2, 0) is 6.42 Å². The van der Waals surface area contributed by atoms with E-state index in [9.17, 15) is 8.78 Å². The third kappa shape index (κ3) is 4.84. The monoisotopic (exact) mass is 331 g/mol. The van der Waals surface area contributed by atoms with Crippen LogP contribution in [0.3, 0.4) is 0 Å². The molecule has 4 heteroatoms. The smallest absolute Gasteiger partial charge is 0.124 e. The molecule has 2 unspecified atom stereocenters. The molecule has 0 aliphatic carbocycles. The van der Waals surface area contributed by atoms with Crippen molar-refractivity contribution in [2.24, 2.45) is 0 Å². The van der Waals surface area contributed by atoms with Crippen molar-refractivity contribution in [2.45, 2.75) is 50.7 Å². The van der Waals surface area contributed by atoms with Gasteiger partial charge in [-0.1, -0.05) is 22.4 Å². The van der Waals surface area contributed by atoms with E-state index in [1.165, 1.54) is 25.0 Å². The molecule has 1 nitrogen and oxygen atoms in total. The van der Waals surface area contributed by atoms with Crippen LogP contribution < -0.4 is 5.32 Å². The third-order valence-electron chi connectivity index (χ3n) is 3.58. The molecule has 19 heavy (non-hydrogen) atoms. The molecule has 1 heterocycles. The molecule has 106 valence electrons. The van der Waals surface area contributed by atoms with Gasteiger partial charge in [-0.25, -0.2) is 8.78 Å². The van der Waals surface area contributed by atoms with Crippen LogP contribution in [-0.4, -0.2) is 18.3 Å². The van der Waals surface area contributed by atoms with E-state index in [2.05, 4.69) is 21.2 Å². The zero-order valence-electron chi connectivity index (χ0n) is 11.2. The summed E-state index contributed by atoms with van der Waals surface area (Å²) >= 11 is 3.24. The fraction of sp³-hybridized carbons (Fsp3) is 0.600. The summed E-state index contributed by atoms with van der Waals surface area (Å²) in [5.74, 6) is -0.323. The van der Waals surface area contributed by atoms with E-state index in [0.717, 1.165) is 13.0 Å². The molecule has 1 aliphatic rings. The third-order valence-corrected chi connectivity index (χ3v) is 4.04. The van der Waals surface area contributed by atoms with Gasteiger partial charge in [-0.2, -0.15) is 0 Å². The van der Waals surface area contributed by atoms with Gasteiger partial charge in [-0.15, -0.1) is 0 Å². The maximum Gasteiger partial charge on any atom is 0.124 e. The predicted molar refractivity (Wildman–Crippen MR) is 77.6 cm³/mol. The fourth-order valence-electron chi connectivity index (χ4n) is 2.82. The first kappa shape index (κ1) is 14.9. The SMILES string of the molecule is CC(F)(Cc1cc(F)cc(Br)c1)CC1CCCCN1. The number of halogens is 3. The molecule has 0 bridgehead atoms. The van der Waals surface area contributed by atoms with Gasteiger partial charge in [0.15, 0.2) is 0 Å². The average molecular weight is 332 g/mol. The Kier molecular flexibility index (Phi) is 4.96. The molecular weight excluding hydrogens is 312 g/mol. The number of alkyl halides is 1. The Morgan fingerprint density at radius 3 is 2.79 bits per heavy atom. The summed E-state index contributed by atoms with van der Waals surface area (Å²) in [6, 6.07) is 4.84. The lowest BCUT2D eigenvalue weighted by atomic mass is 9.88. The van der Waals surface area contributed by atoms with Crippen molar-refractivity contribution in [1.82, 2.24) is 5.32 Å². The second-order valence-corrected chi connectivity index (χ2v) is 6.63. The minimum atomic E-state index is -1.30. The van der Waals surface area contributed by atoms with Gasteiger partial charge >= 0.3 is 0 Å². The standard InChI is InChI=1S/C15H20BrF2N/c1-15(18,10-14-4-2-3-5-19-14)9-11-6-12(16)8-13(17)7-11/h6-8,14,19H,2-5,9-10H2,1H3. The van der Waals surface area contributed by atoms with Crippen molar-refractivity contribution in [3.05, 3.63) is 34.1 Å². The molecule has 1 fully saturated rings. The van der Waals surface area contributed by atoms with E-state index in [-0.39, 0.29) is 18.3 Å².